The molecule has 0 aliphatic carbocycles. The molecule has 1 atom stereocenters. The maximum absolute atomic E-state index is 12.1. The number of carbonyl (C=O) groups is 1. The van der Waals surface area contributed by atoms with Crippen molar-refractivity contribution in [2.24, 2.45) is 0 Å². The molecule has 0 radical (unpaired) electrons. The Morgan fingerprint density at radius 2 is 2.16 bits per heavy atom. The van der Waals surface area contributed by atoms with Crippen molar-refractivity contribution in [1.82, 2.24) is 4.90 Å². The summed E-state index contributed by atoms with van der Waals surface area (Å²) in [5.41, 5.74) is 1.30. The van der Waals surface area contributed by atoms with E-state index in [0.717, 1.165) is 32.5 Å². The van der Waals surface area contributed by atoms with Crippen LogP contribution in [-0.2, 0) is 16.0 Å². The van der Waals surface area contributed by atoms with Crippen molar-refractivity contribution in [2.75, 3.05) is 26.2 Å². The van der Waals surface area contributed by atoms with Crippen LogP contribution in [0.4, 0.5) is 0 Å². The monoisotopic (exact) mass is 261 g/mol. The summed E-state index contributed by atoms with van der Waals surface area (Å²) in [6.45, 7) is 5.52. The third-order valence-electron chi connectivity index (χ3n) is 3.69. The van der Waals surface area contributed by atoms with E-state index in [1.807, 2.05) is 18.2 Å². The van der Waals surface area contributed by atoms with Crippen LogP contribution < -0.4 is 0 Å². The highest BCUT2D eigenvalue weighted by Crippen LogP contribution is 2.11. The minimum absolute atomic E-state index is 0.204. The molecule has 0 aromatic heterocycles. The van der Waals surface area contributed by atoms with Gasteiger partial charge in [-0.1, -0.05) is 37.3 Å². The Morgan fingerprint density at radius 1 is 1.37 bits per heavy atom. The summed E-state index contributed by atoms with van der Waals surface area (Å²) in [6, 6.07) is 10.3. The fourth-order valence-electron chi connectivity index (χ4n) is 2.46. The van der Waals surface area contributed by atoms with Gasteiger partial charge in [0.1, 0.15) is 6.10 Å². The molecule has 1 aromatic carbocycles. The Labute approximate surface area is 115 Å². The number of ketones is 1. The number of carbonyl (C=O) groups excluding carboxylic acids is 1. The summed E-state index contributed by atoms with van der Waals surface area (Å²) >= 11 is 0. The number of likely N-dealkylation sites (N-methyl/N-ethyl adjacent to an activating group) is 1. The van der Waals surface area contributed by atoms with Gasteiger partial charge < -0.3 is 4.74 Å². The van der Waals surface area contributed by atoms with Gasteiger partial charge in [-0.25, -0.2) is 0 Å². The van der Waals surface area contributed by atoms with Gasteiger partial charge in [-0.3, -0.25) is 9.69 Å². The van der Waals surface area contributed by atoms with E-state index in [2.05, 4.69) is 24.0 Å². The van der Waals surface area contributed by atoms with Crippen molar-refractivity contribution >= 4 is 5.78 Å². The largest absolute Gasteiger partial charge is 0.368 e. The summed E-state index contributed by atoms with van der Waals surface area (Å²) in [5, 5.41) is 0. The van der Waals surface area contributed by atoms with Gasteiger partial charge >= 0.3 is 0 Å². The third kappa shape index (κ3) is 4.44. The molecular formula is C16H23NO2. The molecule has 1 heterocycles. The molecule has 1 aromatic rings. The van der Waals surface area contributed by atoms with Crippen LogP contribution >= 0.6 is 0 Å². The molecule has 2 rings (SSSR count). The summed E-state index contributed by atoms with van der Waals surface area (Å²) in [4.78, 5) is 14.4. The molecule has 3 heteroatoms. The van der Waals surface area contributed by atoms with Gasteiger partial charge in [0.15, 0.2) is 5.78 Å². The van der Waals surface area contributed by atoms with Crippen molar-refractivity contribution in [3.05, 3.63) is 35.9 Å². The van der Waals surface area contributed by atoms with Crippen LogP contribution in [0.2, 0.25) is 0 Å². The van der Waals surface area contributed by atoms with Gasteiger partial charge in [0.05, 0.1) is 6.61 Å². The molecule has 1 saturated heterocycles. The standard InChI is InChI=1S/C16H23NO2/c1-2-17-11-12-19-16(13-17)15(18)10-6-9-14-7-4-3-5-8-14/h3-5,7-8,16H,2,6,9-13H2,1H3. The first-order valence-electron chi connectivity index (χ1n) is 7.20. The van der Waals surface area contributed by atoms with Crippen molar-refractivity contribution < 1.29 is 9.53 Å². The SMILES string of the molecule is CCN1CCOC(C(=O)CCCc2ccccc2)C1. The molecule has 0 N–H and O–H groups in total. The second kappa shape index (κ2) is 7.41. The highest BCUT2D eigenvalue weighted by molar-refractivity contribution is 5.83. The van der Waals surface area contributed by atoms with Crippen LogP contribution in [0, 0.1) is 0 Å². The highest BCUT2D eigenvalue weighted by atomic mass is 16.5. The minimum atomic E-state index is -0.204. The van der Waals surface area contributed by atoms with Gasteiger partial charge in [-0.05, 0) is 24.9 Å². The normalized spacial score (nSPS) is 20.4. The van der Waals surface area contributed by atoms with Gasteiger partial charge in [-0.15, -0.1) is 0 Å². The Morgan fingerprint density at radius 3 is 2.89 bits per heavy atom. The second-order valence-corrected chi connectivity index (χ2v) is 5.06. The van der Waals surface area contributed by atoms with Crippen molar-refractivity contribution in [3.8, 4) is 0 Å². The molecule has 1 aliphatic rings. The topological polar surface area (TPSA) is 29.5 Å². The molecule has 1 fully saturated rings. The van der Waals surface area contributed by atoms with Crippen LogP contribution in [0.25, 0.3) is 0 Å². The first-order chi connectivity index (χ1) is 9.29. The number of morpholine rings is 1. The lowest BCUT2D eigenvalue weighted by Gasteiger charge is -2.31. The predicted octanol–water partition coefficient (Wildman–Crippen LogP) is 2.30. The molecule has 1 aliphatic heterocycles. The number of aryl methyl sites for hydroxylation is 1. The zero-order chi connectivity index (χ0) is 13.5. The number of hydrogen-bond acceptors (Lipinski definition) is 3. The molecule has 0 amide bonds. The summed E-state index contributed by atoms with van der Waals surface area (Å²) in [6.07, 6.45) is 2.30. The van der Waals surface area contributed by atoms with Crippen LogP contribution in [0.3, 0.4) is 0 Å². The van der Waals surface area contributed by atoms with Gasteiger partial charge in [0.2, 0.25) is 0 Å². The maximum Gasteiger partial charge on any atom is 0.162 e. The van der Waals surface area contributed by atoms with E-state index < -0.39 is 0 Å². The lowest BCUT2D eigenvalue weighted by Crippen LogP contribution is -2.45. The summed E-state index contributed by atoms with van der Waals surface area (Å²) < 4.78 is 5.58. The maximum atomic E-state index is 12.1. The molecule has 3 nitrogen and oxygen atoms in total. The molecule has 19 heavy (non-hydrogen) atoms. The third-order valence-corrected chi connectivity index (χ3v) is 3.69. The Bertz CT molecular complexity index is 391. The van der Waals surface area contributed by atoms with Gasteiger partial charge in [-0.2, -0.15) is 0 Å². The lowest BCUT2D eigenvalue weighted by atomic mass is 10.0. The highest BCUT2D eigenvalue weighted by Gasteiger charge is 2.24. The van der Waals surface area contributed by atoms with E-state index >= 15 is 0 Å². The molecular weight excluding hydrogens is 238 g/mol. The van der Waals surface area contributed by atoms with Crippen LogP contribution in [-0.4, -0.2) is 43.0 Å². The number of hydrogen-bond donors (Lipinski definition) is 0. The van der Waals surface area contributed by atoms with Crippen LogP contribution in [0.5, 0.6) is 0 Å². The summed E-state index contributed by atoms with van der Waals surface area (Å²) in [7, 11) is 0. The number of nitrogens with zero attached hydrogens (tertiary/aromatic N) is 1. The fourth-order valence-corrected chi connectivity index (χ4v) is 2.46. The molecule has 0 saturated carbocycles. The Kier molecular flexibility index (Phi) is 5.55. The zero-order valence-corrected chi connectivity index (χ0v) is 11.7. The van der Waals surface area contributed by atoms with E-state index in [0.29, 0.717) is 13.0 Å². The predicted molar refractivity (Wildman–Crippen MR) is 76.2 cm³/mol. The number of rotatable bonds is 6. The number of Topliss-reactive ketones (excluding diaryl/α,β-unsaturated/α-hetero) is 1. The minimum Gasteiger partial charge on any atom is -0.368 e. The average molecular weight is 261 g/mol. The smallest absolute Gasteiger partial charge is 0.162 e. The lowest BCUT2D eigenvalue weighted by molar-refractivity contribution is -0.136. The van der Waals surface area contributed by atoms with Crippen molar-refractivity contribution in [2.45, 2.75) is 32.3 Å². The van der Waals surface area contributed by atoms with Crippen LogP contribution in [0.15, 0.2) is 30.3 Å². The molecule has 0 spiro atoms. The first-order valence-corrected chi connectivity index (χ1v) is 7.20. The molecule has 1 unspecified atom stereocenters. The van der Waals surface area contributed by atoms with E-state index in [1.54, 1.807) is 0 Å². The second-order valence-electron chi connectivity index (χ2n) is 5.06. The molecule has 104 valence electrons. The fraction of sp³-hybridized carbons (Fsp3) is 0.562. The number of ether oxygens (including phenoxy) is 1. The van der Waals surface area contributed by atoms with Crippen molar-refractivity contribution in [3.63, 3.8) is 0 Å². The average Bonchev–Trinajstić information content (AvgIpc) is 2.48. The quantitative estimate of drug-likeness (QED) is 0.787. The van der Waals surface area contributed by atoms with Gasteiger partial charge in [0.25, 0.3) is 0 Å². The van der Waals surface area contributed by atoms with E-state index in [1.165, 1.54) is 5.56 Å². The molecule has 0 bridgehead atoms. The zero-order valence-electron chi connectivity index (χ0n) is 11.7. The van der Waals surface area contributed by atoms with Crippen molar-refractivity contribution in [1.29, 1.82) is 0 Å². The summed E-state index contributed by atoms with van der Waals surface area (Å²) in [5.74, 6) is 0.258. The number of benzene rings is 1. The van der Waals surface area contributed by atoms with Crippen LogP contribution in [0.1, 0.15) is 25.3 Å². The Balaban J connectivity index is 1.72. The van der Waals surface area contributed by atoms with E-state index in [-0.39, 0.29) is 11.9 Å². The first kappa shape index (κ1) is 14.2. The van der Waals surface area contributed by atoms with E-state index in [9.17, 15) is 4.79 Å². The Hall–Kier alpha value is -1.19. The van der Waals surface area contributed by atoms with Gasteiger partial charge in [0, 0.05) is 19.5 Å². The van der Waals surface area contributed by atoms with E-state index in [4.69, 9.17) is 4.74 Å².